The van der Waals surface area contributed by atoms with Crippen LogP contribution in [0, 0.1) is 5.92 Å². The maximum absolute atomic E-state index is 13.2. The van der Waals surface area contributed by atoms with E-state index >= 15 is 0 Å². The molecule has 1 aliphatic heterocycles. The van der Waals surface area contributed by atoms with Crippen molar-refractivity contribution in [3.05, 3.63) is 59.7 Å². The summed E-state index contributed by atoms with van der Waals surface area (Å²) in [5.74, 6) is 0.640. The molecule has 0 saturated carbocycles. The van der Waals surface area contributed by atoms with Crippen molar-refractivity contribution in [2.75, 3.05) is 29.9 Å². The number of unbranched alkanes of at least 4 members (excludes halogenated alkanes) is 2. The SMILES string of the molecule is CCCCCC(=O)Nc1ccc(N2CCC(C)CC2)c(C(=O)NCCc2ccccc2)c1. The first-order valence-electron chi connectivity index (χ1n) is 12.1. The summed E-state index contributed by atoms with van der Waals surface area (Å²) >= 11 is 0. The van der Waals surface area contributed by atoms with E-state index < -0.39 is 0 Å². The van der Waals surface area contributed by atoms with E-state index in [-0.39, 0.29) is 11.8 Å². The molecule has 0 bridgehead atoms. The molecule has 5 nitrogen and oxygen atoms in total. The molecule has 1 saturated heterocycles. The minimum atomic E-state index is -0.0864. The molecule has 0 aliphatic carbocycles. The Labute approximate surface area is 192 Å². The number of hydrogen-bond acceptors (Lipinski definition) is 3. The van der Waals surface area contributed by atoms with Crippen LogP contribution in [-0.2, 0) is 11.2 Å². The van der Waals surface area contributed by atoms with Gasteiger partial charge in [0.2, 0.25) is 5.91 Å². The molecule has 2 aromatic carbocycles. The Kier molecular flexibility index (Phi) is 9.14. The van der Waals surface area contributed by atoms with E-state index in [2.05, 4.69) is 41.5 Å². The number of amides is 2. The van der Waals surface area contributed by atoms with E-state index in [4.69, 9.17) is 0 Å². The number of nitrogens with zero attached hydrogens (tertiary/aromatic N) is 1. The molecule has 0 unspecified atom stereocenters. The van der Waals surface area contributed by atoms with Gasteiger partial charge in [0, 0.05) is 37.4 Å². The molecule has 0 spiro atoms. The second-order valence-corrected chi connectivity index (χ2v) is 8.90. The lowest BCUT2D eigenvalue weighted by Gasteiger charge is -2.33. The Morgan fingerprint density at radius 3 is 2.50 bits per heavy atom. The van der Waals surface area contributed by atoms with Crippen LogP contribution in [0.25, 0.3) is 0 Å². The first-order valence-corrected chi connectivity index (χ1v) is 12.1. The third kappa shape index (κ3) is 7.11. The fourth-order valence-electron chi connectivity index (χ4n) is 4.14. The number of rotatable bonds is 10. The zero-order valence-electron chi connectivity index (χ0n) is 19.5. The van der Waals surface area contributed by atoms with Gasteiger partial charge in [-0.25, -0.2) is 0 Å². The molecular weight excluding hydrogens is 398 g/mol. The van der Waals surface area contributed by atoms with E-state index in [0.717, 1.165) is 63.2 Å². The summed E-state index contributed by atoms with van der Waals surface area (Å²) in [6.45, 7) is 6.89. The fraction of sp³-hybridized carbons (Fsp3) is 0.481. The lowest BCUT2D eigenvalue weighted by atomic mass is 9.97. The van der Waals surface area contributed by atoms with Crippen molar-refractivity contribution in [1.82, 2.24) is 5.32 Å². The Hall–Kier alpha value is -2.82. The Morgan fingerprint density at radius 2 is 1.78 bits per heavy atom. The Bertz CT molecular complexity index is 874. The minimum Gasteiger partial charge on any atom is -0.371 e. The van der Waals surface area contributed by atoms with Crippen LogP contribution in [0.15, 0.2) is 48.5 Å². The molecule has 0 atom stereocenters. The van der Waals surface area contributed by atoms with E-state index in [1.165, 1.54) is 5.56 Å². The first-order chi connectivity index (χ1) is 15.6. The smallest absolute Gasteiger partial charge is 0.253 e. The largest absolute Gasteiger partial charge is 0.371 e. The molecule has 172 valence electrons. The van der Waals surface area contributed by atoms with Crippen LogP contribution in [0.3, 0.4) is 0 Å². The van der Waals surface area contributed by atoms with Crippen LogP contribution in [0.2, 0.25) is 0 Å². The topological polar surface area (TPSA) is 61.4 Å². The number of nitrogens with one attached hydrogen (secondary N) is 2. The highest BCUT2D eigenvalue weighted by Crippen LogP contribution is 2.29. The monoisotopic (exact) mass is 435 g/mol. The van der Waals surface area contributed by atoms with Gasteiger partial charge in [-0.1, -0.05) is 57.0 Å². The molecule has 1 heterocycles. The van der Waals surface area contributed by atoms with Gasteiger partial charge in [-0.2, -0.15) is 0 Å². The molecule has 0 aromatic heterocycles. The molecule has 2 amide bonds. The molecule has 2 N–H and O–H groups in total. The predicted molar refractivity (Wildman–Crippen MR) is 132 cm³/mol. The van der Waals surface area contributed by atoms with Crippen molar-refractivity contribution in [1.29, 1.82) is 0 Å². The van der Waals surface area contributed by atoms with Crippen LogP contribution < -0.4 is 15.5 Å². The average Bonchev–Trinajstić information content (AvgIpc) is 2.80. The van der Waals surface area contributed by atoms with Gasteiger partial charge < -0.3 is 15.5 Å². The maximum Gasteiger partial charge on any atom is 0.253 e. The average molecular weight is 436 g/mol. The number of anilines is 2. The molecule has 1 fully saturated rings. The van der Waals surface area contributed by atoms with Crippen LogP contribution in [0.4, 0.5) is 11.4 Å². The van der Waals surface area contributed by atoms with Crippen molar-refractivity contribution in [3.63, 3.8) is 0 Å². The summed E-state index contributed by atoms with van der Waals surface area (Å²) in [6.07, 6.45) is 6.59. The summed E-state index contributed by atoms with van der Waals surface area (Å²) < 4.78 is 0. The van der Waals surface area contributed by atoms with E-state index in [1.807, 2.05) is 36.4 Å². The highest BCUT2D eigenvalue weighted by Gasteiger charge is 2.21. The second kappa shape index (κ2) is 12.3. The van der Waals surface area contributed by atoms with Gasteiger partial charge >= 0.3 is 0 Å². The zero-order chi connectivity index (χ0) is 22.8. The summed E-state index contributed by atoms with van der Waals surface area (Å²) in [5.41, 5.74) is 3.48. The summed E-state index contributed by atoms with van der Waals surface area (Å²) in [7, 11) is 0. The van der Waals surface area contributed by atoms with Crippen LogP contribution >= 0.6 is 0 Å². The standard InChI is InChI=1S/C27H37N3O2/c1-3-4-6-11-26(31)29-23-12-13-25(30-18-15-21(2)16-19-30)24(20-23)27(32)28-17-14-22-9-7-5-8-10-22/h5,7-10,12-13,20-21H,3-4,6,11,14-19H2,1-2H3,(H,28,32)(H,29,31). The summed E-state index contributed by atoms with van der Waals surface area (Å²) in [4.78, 5) is 27.8. The second-order valence-electron chi connectivity index (χ2n) is 8.90. The first kappa shape index (κ1) is 23.8. The predicted octanol–water partition coefficient (Wildman–Crippen LogP) is 5.41. The van der Waals surface area contributed by atoms with Crippen molar-refractivity contribution >= 4 is 23.2 Å². The van der Waals surface area contributed by atoms with Gasteiger partial charge in [0.25, 0.3) is 5.91 Å². The minimum absolute atomic E-state index is 0.00781. The van der Waals surface area contributed by atoms with Gasteiger partial charge in [-0.15, -0.1) is 0 Å². The van der Waals surface area contributed by atoms with Crippen LogP contribution in [-0.4, -0.2) is 31.4 Å². The lowest BCUT2D eigenvalue weighted by Crippen LogP contribution is -2.35. The van der Waals surface area contributed by atoms with Gasteiger partial charge in [0.15, 0.2) is 0 Å². The van der Waals surface area contributed by atoms with Gasteiger partial charge in [-0.05, 0) is 55.4 Å². The third-order valence-corrected chi connectivity index (χ3v) is 6.20. The summed E-state index contributed by atoms with van der Waals surface area (Å²) in [6, 6.07) is 15.9. The number of benzene rings is 2. The van der Waals surface area contributed by atoms with Gasteiger partial charge in [-0.3, -0.25) is 9.59 Å². The fourth-order valence-corrected chi connectivity index (χ4v) is 4.14. The highest BCUT2D eigenvalue weighted by atomic mass is 16.2. The quantitative estimate of drug-likeness (QED) is 0.490. The van der Waals surface area contributed by atoms with Crippen LogP contribution in [0.1, 0.15) is 68.3 Å². The van der Waals surface area contributed by atoms with Crippen LogP contribution in [0.5, 0.6) is 0 Å². The van der Waals surface area contributed by atoms with E-state index in [1.54, 1.807) is 0 Å². The highest BCUT2D eigenvalue weighted by molar-refractivity contribution is 6.02. The van der Waals surface area contributed by atoms with Crippen molar-refractivity contribution < 1.29 is 9.59 Å². The Morgan fingerprint density at radius 1 is 1.03 bits per heavy atom. The molecule has 32 heavy (non-hydrogen) atoms. The zero-order valence-corrected chi connectivity index (χ0v) is 19.5. The van der Waals surface area contributed by atoms with Crippen molar-refractivity contribution in [2.45, 2.75) is 58.8 Å². The summed E-state index contributed by atoms with van der Waals surface area (Å²) in [5, 5.41) is 6.06. The number of piperidine rings is 1. The molecule has 2 aromatic rings. The van der Waals surface area contributed by atoms with Crippen molar-refractivity contribution in [2.24, 2.45) is 5.92 Å². The van der Waals surface area contributed by atoms with Gasteiger partial charge in [0.05, 0.1) is 5.56 Å². The number of carbonyl (C=O) groups is 2. The third-order valence-electron chi connectivity index (χ3n) is 6.20. The van der Waals surface area contributed by atoms with Crippen molar-refractivity contribution in [3.8, 4) is 0 Å². The molecule has 0 radical (unpaired) electrons. The lowest BCUT2D eigenvalue weighted by molar-refractivity contribution is -0.116. The molecule has 3 rings (SSSR count). The number of carbonyl (C=O) groups excluding carboxylic acids is 2. The number of hydrogen-bond donors (Lipinski definition) is 2. The molecule has 1 aliphatic rings. The van der Waals surface area contributed by atoms with E-state index in [9.17, 15) is 9.59 Å². The maximum atomic E-state index is 13.2. The Balaban J connectivity index is 1.71. The molecular formula is C27H37N3O2. The molecule has 5 heteroatoms. The van der Waals surface area contributed by atoms with Gasteiger partial charge in [0.1, 0.15) is 0 Å². The normalized spacial score (nSPS) is 14.2. The van der Waals surface area contributed by atoms with E-state index in [0.29, 0.717) is 24.2 Å².